The number of hydrogen-bond donors (Lipinski definition) is 1. The molecule has 0 bridgehead atoms. The van der Waals surface area contributed by atoms with Crippen LogP contribution in [0.5, 0.6) is 0 Å². The zero-order chi connectivity index (χ0) is 24.0. The van der Waals surface area contributed by atoms with Gasteiger partial charge in [0, 0.05) is 50.5 Å². The molecule has 1 N–H and O–H groups in total. The molecule has 1 amide bonds. The van der Waals surface area contributed by atoms with Crippen molar-refractivity contribution in [1.82, 2.24) is 29.7 Å². The van der Waals surface area contributed by atoms with Crippen LogP contribution >= 0.6 is 11.3 Å². The van der Waals surface area contributed by atoms with Crippen molar-refractivity contribution >= 4 is 34.1 Å². The number of carbonyl (C=O) groups is 1. The lowest BCUT2D eigenvalue weighted by Crippen LogP contribution is -2.60. The minimum Gasteiger partial charge on any atom is -0.387 e. The van der Waals surface area contributed by atoms with E-state index in [-0.39, 0.29) is 0 Å². The van der Waals surface area contributed by atoms with Gasteiger partial charge >= 0.3 is 0 Å². The first-order valence-electron chi connectivity index (χ1n) is 11.5. The van der Waals surface area contributed by atoms with Crippen molar-refractivity contribution in [2.24, 2.45) is 5.41 Å². The predicted molar refractivity (Wildman–Crippen MR) is 133 cm³/mol. The van der Waals surface area contributed by atoms with E-state index in [9.17, 15) is 4.79 Å². The summed E-state index contributed by atoms with van der Waals surface area (Å²) in [6, 6.07) is 9.79. The Bertz CT molecular complexity index is 1450. The second-order valence-corrected chi connectivity index (χ2v) is 10.1. The monoisotopic (exact) mass is 485 g/mol. The van der Waals surface area contributed by atoms with E-state index in [1.54, 1.807) is 28.1 Å². The molecule has 0 aliphatic carbocycles. The van der Waals surface area contributed by atoms with Gasteiger partial charge in [-0.25, -0.2) is 4.52 Å². The summed E-state index contributed by atoms with van der Waals surface area (Å²) in [6.07, 6.45) is 6.42. The Morgan fingerprint density at radius 3 is 2.74 bits per heavy atom. The number of nitrogens with zero attached hydrogens (tertiary/aromatic N) is 8. The number of nitrogens with one attached hydrogen (secondary N) is 1. The molecule has 0 saturated carbocycles. The van der Waals surface area contributed by atoms with E-state index < -0.39 is 0 Å². The molecule has 4 aromatic rings. The minimum atomic E-state index is 0.298. The molecular weight excluding hydrogens is 462 g/mol. The molecule has 2 saturated heterocycles. The fourth-order valence-electron chi connectivity index (χ4n) is 5.00. The van der Waals surface area contributed by atoms with E-state index in [2.05, 4.69) is 31.6 Å². The molecule has 2 aliphatic heterocycles. The quantitative estimate of drug-likeness (QED) is 0.429. The molecule has 6 rings (SSSR count). The topological polar surface area (TPSA) is 115 Å². The highest BCUT2D eigenvalue weighted by atomic mass is 32.1. The predicted octanol–water partition coefficient (Wildman–Crippen LogP) is 2.89. The Balaban J connectivity index is 1.23. The normalized spacial score (nSPS) is 16.8. The molecule has 0 aromatic carbocycles. The highest BCUT2D eigenvalue weighted by Gasteiger charge is 2.45. The maximum absolute atomic E-state index is 11.0. The molecule has 2 fully saturated rings. The van der Waals surface area contributed by atoms with E-state index in [4.69, 9.17) is 10.2 Å². The summed E-state index contributed by atoms with van der Waals surface area (Å²) in [4.78, 5) is 19.8. The molecular formula is C24H23N9OS. The van der Waals surface area contributed by atoms with Crippen molar-refractivity contribution < 1.29 is 4.79 Å². The average Bonchev–Trinajstić information content (AvgIpc) is 3.54. The summed E-state index contributed by atoms with van der Waals surface area (Å²) < 4.78 is 1.78. The number of carbonyl (C=O) groups excluding carboxylic acids is 1. The van der Waals surface area contributed by atoms with E-state index in [0.29, 0.717) is 11.0 Å². The van der Waals surface area contributed by atoms with Crippen LogP contribution in [0.15, 0.2) is 36.7 Å². The third-order valence-corrected chi connectivity index (χ3v) is 8.06. The van der Waals surface area contributed by atoms with Gasteiger partial charge in [0.25, 0.3) is 0 Å². The first-order chi connectivity index (χ1) is 17.1. The van der Waals surface area contributed by atoms with Gasteiger partial charge in [0.05, 0.1) is 34.2 Å². The van der Waals surface area contributed by atoms with Gasteiger partial charge in [-0.3, -0.25) is 9.78 Å². The smallest absolute Gasteiger partial charge is 0.209 e. The lowest BCUT2D eigenvalue weighted by Gasteiger charge is -2.53. The van der Waals surface area contributed by atoms with Gasteiger partial charge in [-0.15, -0.1) is 10.2 Å². The molecule has 0 unspecified atom stereocenters. The largest absolute Gasteiger partial charge is 0.387 e. The Morgan fingerprint density at radius 2 is 2.00 bits per heavy atom. The number of nitriles is 1. The Hall–Kier alpha value is -4.04. The summed E-state index contributed by atoms with van der Waals surface area (Å²) in [5.41, 5.74) is 5.08. The van der Waals surface area contributed by atoms with Crippen LogP contribution in [0.4, 0.5) is 10.8 Å². The molecule has 0 atom stereocenters. The van der Waals surface area contributed by atoms with Crippen molar-refractivity contribution in [2.45, 2.75) is 12.8 Å². The van der Waals surface area contributed by atoms with Gasteiger partial charge in [0.15, 0.2) is 5.01 Å². The summed E-state index contributed by atoms with van der Waals surface area (Å²) in [6.45, 7) is 3.61. The number of anilines is 2. The first kappa shape index (κ1) is 21.5. The van der Waals surface area contributed by atoms with E-state index in [1.807, 2.05) is 36.3 Å². The van der Waals surface area contributed by atoms with Crippen molar-refractivity contribution in [3.05, 3.63) is 42.2 Å². The average molecular weight is 486 g/mol. The van der Waals surface area contributed by atoms with E-state index in [1.165, 1.54) is 0 Å². The van der Waals surface area contributed by atoms with Crippen LogP contribution in [-0.2, 0) is 4.79 Å². The van der Waals surface area contributed by atoms with Crippen LogP contribution in [-0.4, -0.2) is 69.3 Å². The Labute approximate surface area is 205 Å². The SMILES string of the molecule is CNc1cc(-c2ccc3cc(C#N)cnn23)ncc1-c1nnc(N2CC3(CCN(C=O)CC3)C2)s1. The number of piperidine rings is 1. The zero-order valence-electron chi connectivity index (χ0n) is 19.2. The maximum Gasteiger partial charge on any atom is 0.209 e. The molecule has 4 aromatic heterocycles. The minimum absolute atomic E-state index is 0.298. The molecule has 2 aliphatic rings. The van der Waals surface area contributed by atoms with Crippen molar-refractivity contribution in [1.29, 1.82) is 5.26 Å². The number of hydrogen-bond acceptors (Lipinski definition) is 9. The van der Waals surface area contributed by atoms with Gasteiger partial charge in [0.1, 0.15) is 6.07 Å². The third-order valence-electron chi connectivity index (χ3n) is 7.04. The molecule has 0 radical (unpaired) electrons. The van der Waals surface area contributed by atoms with Crippen molar-refractivity contribution in [3.8, 4) is 28.0 Å². The lowest BCUT2D eigenvalue weighted by molar-refractivity contribution is -0.120. The van der Waals surface area contributed by atoms with Crippen LogP contribution in [0.2, 0.25) is 0 Å². The lowest BCUT2D eigenvalue weighted by atomic mass is 9.72. The molecule has 10 nitrogen and oxygen atoms in total. The highest BCUT2D eigenvalue weighted by molar-refractivity contribution is 7.18. The summed E-state index contributed by atoms with van der Waals surface area (Å²) in [5, 5.41) is 27.4. The fraction of sp³-hybridized carbons (Fsp3) is 0.333. The van der Waals surface area contributed by atoms with Crippen LogP contribution in [0.3, 0.4) is 0 Å². The standard InChI is InChI=1S/C24H23N9OS/c1-26-19-9-20(21-3-2-17-8-16(10-25)11-28-33(17)21)27-12-18(19)22-29-30-23(35-22)32-13-24(14-32)4-6-31(15-34)7-5-24/h2-3,8-9,11-12,15H,4-7,13-14H2,1H3,(H,26,27). The maximum atomic E-state index is 11.0. The molecule has 6 heterocycles. The van der Waals surface area contributed by atoms with Gasteiger partial charge < -0.3 is 15.1 Å². The fourth-order valence-corrected chi connectivity index (χ4v) is 5.86. The van der Waals surface area contributed by atoms with Crippen LogP contribution < -0.4 is 10.2 Å². The molecule has 1 spiro atoms. The summed E-state index contributed by atoms with van der Waals surface area (Å²) in [7, 11) is 1.88. The van der Waals surface area contributed by atoms with E-state index >= 15 is 0 Å². The van der Waals surface area contributed by atoms with Crippen LogP contribution in [0.1, 0.15) is 18.4 Å². The van der Waals surface area contributed by atoms with Crippen LogP contribution in [0, 0.1) is 16.7 Å². The number of amides is 1. The van der Waals surface area contributed by atoms with Crippen LogP contribution in [0.25, 0.3) is 27.5 Å². The molecule has 11 heteroatoms. The second-order valence-electron chi connectivity index (χ2n) is 9.16. The van der Waals surface area contributed by atoms with Gasteiger partial charge in [-0.1, -0.05) is 11.3 Å². The zero-order valence-corrected chi connectivity index (χ0v) is 20.0. The van der Waals surface area contributed by atoms with E-state index in [0.717, 1.165) is 83.7 Å². The van der Waals surface area contributed by atoms with Gasteiger partial charge in [0.2, 0.25) is 11.5 Å². The Kier molecular flexibility index (Phi) is 5.11. The second kappa shape index (κ2) is 8.32. The van der Waals surface area contributed by atoms with Crippen molar-refractivity contribution in [3.63, 3.8) is 0 Å². The third kappa shape index (κ3) is 3.66. The number of rotatable bonds is 5. The first-order valence-corrected chi connectivity index (χ1v) is 12.3. The van der Waals surface area contributed by atoms with Crippen molar-refractivity contribution in [2.75, 3.05) is 43.4 Å². The Morgan fingerprint density at radius 1 is 1.17 bits per heavy atom. The summed E-state index contributed by atoms with van der Waals surface area (Å²) >= 11 is 1.57. The molecule has 176 valence electrons. The number of fused-ring (bicyclic) bond motifs is 1. The summed E-state index contributed by atoms with van der Waals surface area (Å²) in [5.74, 6) is 0. The molecule has 35 heavy (non-hydrogen) atoms. The highest BCUT2D eigenvalue weighted by Crippen LogP contribution is 2.44. The van der Waals surface area contributed by atoms with Gasteiger partial charge in [-0.05, 0) is 37.1 Å². The van der Waals surface area contributed by atoms with Gasteiger partial charge in [-0.2, -0.15) is 10.4 Å². The number of pyridine rings is 1. The number of likely N-dealkylation sites (tertiary alicyclic amines) is 1. The number of aromatic nitrogens is 5.